The Labute approximate surface area is 186 Å². The van der Waals surface area contributed by atoms with Crippen molar-refractivity contribution in [3.8, 4) is 0 Å². The van der Waals surface area contributed by atoms with E-state index in [2.05, 4.69) is 5.32 Å². The van der Waals surface area contributed by atoms with Crippen LogP contribution in [-0.2, 0) is 9.84 Å². The second kappa shape index (κ2) is 8.02. The summed E-state index contributed by atoms with van der Waals surface area (Å²) in [6.07, 6.45) is 1.17. The number of hydrogen-bond acceptors (Lipinski definition) is 5. The van der Waals surface area contributed by atoms with E-state index in [1.807, 2.05) is 0 Å². The summed E-state index contributed by atoms with van der Waals surface area (Å²) in [5.74, 6) is -6.58. The van der Waals surface area contributed by atoms with Gasteiger partial charge in [-0.1, -0.05) is 11.6 Å². The molecule has 2 unspecified atom stereocenters. The molecule has 11 heteroatoms. The predicted octanol–water partition coefficient (Wildman–Crippen LogP) is 3.31. The van der Waals surface area contributed by atoms with Crippen LogP contribution >= 0.6 is 11.6 Å². The van der Waals surface area contributed by atoms with Crippen LogP contribution < -0.4 is 5.32 Å². The summed E-state index contributed by atoms with van der Waals surface area (Å²) in [6.45, 7) is -0.554. The van der Waals surface area contributed by atoms with Crippen molar-refractivity contribution in [1.82, 2.24) is 0 Å². The molecule has 2 aliphatic carbocycles. The number of hydrogen-bond donors (Lipinski definition) is 3. The van der Waals surface area contributed by atoms with Crippen LogP contribution in [0.25, 0.3) is 0 Å². The first-order valence-electron chi connectivity index (χ1n) is 9.80. The molecule has 0 aromatic heterocycles. The molecule has 32 heavy (non-hydrogen) atoms. The average molecular weight is 490 g/mol. The zero-order valence-corrected chi connectivity index (χ0v) is 18.1. The van der Waals surface area contributed by atoms with Crippen molar-refractivity contribution < 1.29 is 36.6 Å². The molecule has 172 valence electrons. The van der Waals surface area contributed by atoms with Crippen molar-refractivity contribution in [2.45, 2.75) is 35.0 Å². The zero-order valence-electron chi connectivity index (χ0n) is 16.5. The minimum atomic E-state index is -4.09. The van der Waals surface area contributed by atoms with E-state index in [4.69, 9.17) is 11.6 Å². The molecule has 1 amide bonds. The Bertz CT molecular complexity index is 1180. The summed E-state index contributed by atoms with van der Waals surface area (Å²) in [5.41, 5.74) is -1.99. The Hall–Kier alpha value is -2.14. The monoisotopic (exact) mass is 489 g/mol. The number of aliphatic hydroxyl groups is 2. The zero-order chi connectivity index (χ0) is 23.4. The minimum Gasteiger partial charge on any atom is -0.393 e. The molecular weight excluding hydrogens is 471 g/mol. The standard InChI is InChI=1S/C21H19ClF3NO5S/c22-14-4-2-10(20(28)26-12-6-15(23)18(25)16(24)7-12)5-17(14)32(30,31)19-11-1-3-13(19)21(29,8-11)9-27/h2,4-7,11,13,19,27,29H,1,3,8-9H2,(H,26,28)/t11?,13?,19-,21+/m1/s1. The van der Waals surface area contributed by atoms with E-state index < -0.39 is 56.6 Å². The van der Waals surface area contributed by atoms with Crippen molar-refractivity contribution in [3.05, 3.63) is 58.4 Å². The third-order valence-corrected chi connectivity index (χ3v) is 9.21. The molecule has 2 aromatic rings. The number of fused-ring (bicyclic) bond motifs is 2. The van der Waals surface area contributed by atoms with Crippen LogP contribution in [0.15, 0.2) is 35.2 Å². The summed E-state index contributed by atoms with van der Waals surface area (Å²) in [7, 11) is -4.09. The Morgan fingerprint density at radius 2 is 1.81 bits per heavy atom. The van der Waals surface area contributed by atoms with Gasteiger partial charge in [-0.2, -0.15) is 0 Å². The van der Waals surface area contributed by atoms with Gasteiger partial charge in [-0.3, -0.25) is 4.79 Å². The number of rotatable bonds is 5. The third kappa shape index (κ3) is 3.68. The van der Waals surface area contributed by atoms with E-state index in [-0.39, 0.29) is 33.5 Å². The van der Waals surface area contributed by atoms with Gasteiger partial charge in [0.15, 0.2) is 27.3 Å². The SMILES string of the molecule is O=C(Nc1cc(F)c(F)c(F)c1)c1ccc(Cl)c(S(=O)(=O)[C@@H]2C3CCC2[C@@](O)(CO)C3)c1. The number of aliphatic hydroxyl groups excluding tert-OH is 1. The highest BCUT2D eigenvalue weighted by Crippen LogP contribution is 2.55. The molecule has 0 radical (unpaired) electrons. The number of carbonyl (C=O) groups is 1. The summed E-state index contributed by atoms with van der Waals surface area (Å²) in [6, 6.07) is 4.69. The van der Waals surface area contributed by atoms with Gasteiger partial charge in [-0.15, -0.1) is 0 Å². The van der Waals surface area contributed by atoms with Gasteiger partial charge >= 0.3 is 0 Å². The van der Waals surface area contributed by atoms with Crippen molar-refractivity contribution in [1.29, 1.82) is 0 Å². The van der Waals surface area contributed by atoms with E-state index in [9.17, 15) is 36.6 Å². The Morgan fingerprint density at radius 1 is 1.16 bits per heavy atom. The summed E-state index contributed by atoms with van der Waals surface area (Å²) >= 11 is 6.14. The molecule has 2 fully saturated rings. The molecule has 0 aliphatic heterocycles. The fourth-order valence-electron chi connectivity index (χ4n) is 4.94. The van der Waals surface area contributed by atoms with Crippen molar-refractivity contribution in [2.75, 3.05) is 11.9 Å². The topological polar surface area (TPSA) is 104 Å². The summed E-state index contributed by atoms with van der Waals surface area (Å²) < 4.78 is 66.8. The molecule has 2 aromatic carbocycles. The lowest BCUT2D eigenvalue weighted by Gasteiger charge is -2.30. The second-order valence-electron chi connectivity index (χ2n) is 8.27. The molecule has 2 saturated carbocycles. The van der Waals surface area contributed by atoms with Crippen LogP contribution in [0.4, 0.5) is 18.9 Å². The van der Waals surface area contributed by atoms with Crippen molar-refractivity contribution in [3.63, 3.8) is 0 Å². The van der Waals surface area contributed by atoms with Crippen LogP contribution in [0, 0.1) is 29.3 Å². The molecule has 0 saturated heterocycles. The summed E-state index contributed by atoms with van der Waals surface area (Å²) in [5, 5.41) is 21.3. The molecule has 2 bridgehead atoms. The maximum atomic E-state index is 13.4. The van der Waals surface area contributed by atoms with Gasteiger partial charge in [0.05, 0.1) is 27.4 Å². The second-order valence-corrected chi connectivity index (χ2v) is 10.8. The van der Waals surface area contributed by atoms with Crippen LogP contribution in [0.2, 0.25) is 5.02 Å². The molecule has 0 heterocycles. The number of anilines is 1. The number of benzene rings is 2. The van der Waals surface area contributed by atoms with Crippen molar-refractivity contribution in [2.24, 2.45) is 11.8 Å². The number of sulfone groups is 1. The normalized spacial score (nSPS) is 27.0. The predicted molar refractivity (Wildman–Crippen MR) is 110 cm³/mol. The van der Waals surface area contributed by atoms with Gasteiger partial charge in [-0.25, -0.2) is 21.6 Å². The number of halogens is 4. The van der Waals surface area contributed by atoms with E-state index in [0.717, 1.165) is 6.07 Å². The van der Waals surface area contributed by atoms with Gasteiger partial charge in [0.2, 0.25) is 0 Å². The molecule has 4 atom stereocenters. The van der Waals surface area contributed by atoms with Gasteiger partial charge < -0.3 is 15.5 Å². The maximum Gasteiger partial charge on any atom is 0.255 e. The first-order chi connectivity index (χ1) is 15.0. The van der Waals surface area contributed by atoms with E-state index in [1.54, 1.807) is 0 Å². The van der Waals surface area contributed by atoms with E-state index in [1.165, 1.54) is 12.1 Å². The smallest absolute Gasteiger partial charge is 0.255 e. The van der Waals surface area contributed by atoms with E-state index in [0.29, 0.717) is 25.0 Å². The fourth-order valence-corrected chi connectivity index (χ4v) is 7.87. The van der Waals surface area contributed by atoms with Crippen LogP contribution in [-0.4, -0.2) is 42.0 Å². The van der Waals surface area contributed by atoms with Crippen LogP contribution in [0.5, 0.6) is 0 Å². The lowest BCUT2D eigenvalue weighted by atomic mass is 9.85. The molecule has 6 nitrogen and oxygen atoms in total. The minimum absolute atomic E-state index is 0.126. The highest BCUT2D eigenvalue weighted by molar-refractivity contribution is 7.92. The van der Waals surface area contributed by atoms with E-state index >= 15 is 0 Å². The first-order valence-corrected chi connectivity index (χ1v) is 11.7. The molecule has 3 N–H and O–H groups in total. The molecular formula is C21H19ClF3NO5S. The largest absolute Gasteiger partial charge is 0.393 e. The number of nitrogens with one attached hydrogen (secondary N) is 1. The molecule has 2 aliphatic rings. The highest BCUT2D eigenvalue weighted by atomic mass is 35.5. The number of amides is 1. The van der Waals surface area contributed by atoms with Crippen LogP contribution in [0.1, 0.15) is 29.6 Å². The Morgan fingerprint density at radius 3 is 2.41 bits per heavy atom. The van der Waals surface area contributed by atoms with Gasteiger partial charge in [0.1, 0.15) is 0 Å². The van der Waals surface area contributed by atoms with Gasteiger partial charge in [0.25, 0.3) is 5.91 Å². The van der Waals surface area contributed by atoms with Crippen LogP contribution in [0.3, 0.4) is 0 Å². The Kier molecular flexibility index (Phi) is 5.77. The maximum absolute atomic E-state index is 13.4. The Balaban J connectivity index is 1.65. The first kappa shape index (κ1) is 23.0. The highest BCUT2D eigenvalue weighted by Gasteiger charge is 2.61. The fraction of sp³-hybridized carbons (Fsp3) is 0.381. The quantitative estimate of drug-likeness (QED) is 0.559. The number of carbonyl (C=O) groups excluding carboxylic acids is 1. The van der Waals surface area contributed by atoms with Crippen molar-refractivity contribution >= 4 is 33.0 Å². The van der Waals surface area contributed by atoms with Gasteiger partial charge in [-0.05, 0) is 43.4 Å². The third-order valence-electron chi connectivity index (χ3n) is 6.39. The van der Waals surface area contributed by atoms with Gasteiger partial charge in [0, 0.05) is 29.3 Å². The average Bonchev–Trinajstić information content (AvgIpc) is 3.28. The lowest BCUT2D eigenvalue weighted by molar-refractivity contribution is -0.0562. The lowest BCUT2D eigenvalue weighted by Crippen LogP contribution is -2.41. The molecule has 4 rings (SSSR count). The molecule has 0 spiro atoms. The summed E-state index contributed by atoms with van der Waals surface area (Å²) in [4.78, 5) is 12.3.